The van der Waals surface area contributed by atoms with E-state index in [9.17, 15) is 24.0 Å². The second-order valence-corrected chi connectivity index (χ2v) is 10.6. The number of hydrogen-bond donors (Lipinski definition) is 1. The van der Waals surface area contributed by atoms with Crippen molar-refractivity contribution in [2.75, 3.05) is 39.9 Å². The van der Waals surface area contributed by atoms with Crippen molar-refractivity contribution in [2.24, 2.45) is 0 Å². The maximum atomic E-state index is 12.8. The molecule has 44 heavy (non-hydrogen) atoms. The van der Waals surface area contributed by atoms with Crippen molar-refractivity contribution in [1.82, 2.24) is 10.2 Å². The van der Waals surface area contributed by atoms with E-state index in [1.165, 1.54) is 51.5 Å². The van der Waals surface area contributed by atoms with E-state index in [-0.39, 0.29) is 17.4 Å². The minimum atomic E-state index is -1.45. The number of ether oxygens (including phenoxy) is 7. The number of likely N-dealkylation sites (tertiary alicyclic amines) is 1. The average Bonchev–Trinajstić information content (AvgIpc) is 2.97. The molecule has 3 rings (SSSR count). The summed E-state index contributed by atoms with van der Waals surface area (Å²) in [7, 11) is 1.38. The second-order valence-electron chi connectivity index (χ2n) is 10.6. The topological polar surface area (TPSA) is 165 Å². The number of amides is 1. The minimum absolute atomic E-state index is 0.107. The third kappa shape index (κ3) is 10.4. The zero-order chi connectivity index (χ0) is 32.2. The number of nitrogens with zero attached hydrogens (tertiary/aromatic N) is 1. The van der Waals surface area contributed by atoms with E-state index in [2.05, 4.69) is 10.2 Å². The van der Waals surface area contributed by atoms with Gasteiger partial charge >= 0.3 is 23.9 Å². The van der Waals surface area contributed by atoms with Gasteiger partial charge in [0.2, 0.25) is 12.4 Å². The van der Waals surface area contributed by atoms with Crippen LogP contribution in [0.25, 0.3) is 0 Å². The van der Waals surface area contributed by atoms with Crippen molar-refractivity contribution in [3.05, 3.63) is 23.8 Å². The smallest absolute Gasteiger partial charge is 0.303 e. The summed E-state index contributed by atoms with van der Waals surface area (Å²) in [6.07, 6.45) is -2.24. The Morgan fingerprint density at radius 1 is 0.841 bits per heavy atom. The Morgan fingerprint density at radius 2 is 1.48 bits per heavy atom. The normalized spacial score (nSPS) is 23.5. The highest BCUT2D eigenvalue weighted by Crippen LogP contribution is 2.35. The monoisotopic (exact) mass is 622 g/mol. The van der Waals surface area contributed by atoms with E-state index in [1.54, 1.807) is 0 Å². The van der Waals surface area contributed by atoms with Crippen molar-refractivity contribution in [3.63, 3.8) is 0 Å². The summed E-state index contributed by atoms with van der Waals surface area (Å²) in [5.74, 6) is -2.93. The van der Waals surface area contributed by atoms with Crippen molar-refractivity contribution in [1.29, 1.82) is 0 Å². The van der Waals surface area contributed by atoms with Crippen LogP contribution >= 0.6 is 0 Å². The van der Waals surface area contributed by atoms with Gasteiger partial charge in [0.25, 0.3) is 5.91 Å². The number of rotatable bonds is 13. The molecule has 244 valence electrons. The Bertz CT molecular complexity index is 1170. The largest absolute Gasteiger partial charge is 0.493 e. The van der Waals surface area contributed by atoms with E-state index < -0.39 is 61.2 Å². The van der Waals surface area contributed by atoms with E-state index in [4.69, 9.17) is 33.2 Å². The van der Waals surface area contributed by atoms with E-state index >= 15 is 0 Å². The average molecular weight is 623 g/mol. The van der Waals surface area contributed by atoms with Crippen molar-refractivity contribution >= 4 is 29.8 Å². The van der Waals surface area contributed by atoms with Crippen molar-refractivity contribution in [2.45, 2.75) is 84.1 Å². The van der Waals surface area contributed by atoms with Gasteiger partial charge in [0.1, 0.15) is 12.7 Å². The van der Waals surface area contributed by atoms with Gasteiger partial charge in [0, 0.05) is 39.8 Å². The minimum Gasteiger partial charge on any atom is -0.493 e. The Balaban J connectivity index is 1.80. The zero-order valence-electron chi connectivity index (χ0n) is 25.8. The highest BCUT2D eigenvalue weighted by molar-refractivity contribution is 5.94. The standard InChI is InChI=1S/C30H42N2O12/c1-18(33)39-17-25-26(40-19(2)34)27(41-20(3)35)28(42-21(4)36)30(44-25)43-23-11-10-22(16-24(23)38-5)29(37)31-12-9-15-32-13-7-6-8-14-32/h10-11,16,25-28,30H,6-9,12-15,17H2,1-5H3,(H,31,37)/t25-,26-,27+,28-,30+/m1/s1. The van der Waals surface area contributed by atoms with Gasteiger partial charge in [0.15, 0.2) is 23.7 Å². The van der Waals surface area contributed by atoms with E-state index in [0.29, 0.717) is 12.1 Å². The number of piperidine rings is 1. The molecule has 2 aliphatic heterocycles. The first-order valence-corrected chi connectivity index (χ1v) is 14.6. The molecule has 0 aliphatic carbocycles. The van der Waals surface area contributed by atoms with Crippen LogP contribution in [0.3, 0.4) is 0 Å². The van der Waals surface area contributed by atoms with Crippen LogP contribution in [-0.2, 0) is 42.9 Å². The first-order valence-electron chi connectivity index (χ1n) is 14.6. The van der Waals surface area contributed by atoms with Crippen LogP contribution in [0.4, 0.5) is 0 Å². The molecular formula is C30H42N2O12. The lowest BCUT2D eigenvalue weighted by Crippen LogP contribution is -2.63. The van der Waals surface area contributed by atoms with Crippen LogP contribution in [-0.4, -0.2) is 105 Å². The van der Waals surface area contributed by atoms with Crippen LogP contribution in [0.5, 0.6) is 11.5 Å². The Hall–Kier alpha value is -3.91. The Kier molecular flexibility index (Phi) is 13.2. The van der Waals surface area contributed by atoms with Gasteiger partial charge < -0.3 is 43.4 Å². The molecule has 2 fully saturated rings. The van der Waals surface area contributed by atoms with Gasteiger partial charge in [-0.05, 0) is 57.1 Å². The molecule has 0 unspecified atom stereocenters. The van der Waals surface area contributed by atoms with Crippen LogP contribution in [0.1, 0.15) is 63.7 Å². The summed E-state index contributed by atoms with van der Waals surface area (Å²) < 4.78 is 38.9. The molecule has 1 N–H and O–H groups in total. The number of esters is 4. The summed E-state index contributed by atoms with van der Waals surface area (Å²) in [5.41, 5.74) is 0.328. The fourth-order valence-electron chi connectivity index (χ4n) is 5.10. The molecule has 5 atom stereocenters. The molecule has 0 saturated carbocycles. The first-order chi connectivity index (χ1) is 21.0. The molecule has 0 aromatic heterocycles. The number of carbonyl (C=O) groups is 5. The fourth-order valence-corrected chi connectivity index (χ4v) is 5.10. The molecule has 1 aromatic carbocycles. The van der Waals surface area contributed by atoms with Gasteiger partial charge in [-0.1, -0.05) is 6.42 Å². The molecule has 2 heterocycles. The van der Waals surface area contributed by atoms with E-state index in [1.807, 2.05) is 0 Å². The lowest BCUT2D eigenvalue weighted by atomic mass is 9.98. The molecule has 0 bridgehead atoms. The first kappa shape index (κ1) is 34.6. The summed E-state index contributed by atoms with van der Waals surface area (Å²) in [4.78, 5) is 62.9. The van der Waals surface area contributed by atoms with Crippen LogP contribution in [0.2, 0.25) is 0 Å². The van der Waals surface area contributed by atoms with Crippen LogP contribution in [0, 0.1) is 0 Å². The quantitative estimate of drug-likeness (QED) is 0.192. The Labute approximate surface area is 256 Å². The lowest BCUT2D eigenvalue weighted by Gasteiger charge is -2.44. The van der Waals surface area contributed by atoms with Gasteiger partial charge in [-0.2, -0.15) is 0 Å². The molecule has 1 aromatic rings. The summed E-state index contributed by atoms with van der Waals surface area (Å²) in [6, 6.07) is 4.50. The zero-order valence-corrected chi connectivity index (χ0v) is 25.8. The molecule has 2 aliphatic rings. The molecule has 1 amide bonds. The lowest BCUT2D eigenvalue weighted by molar-refractivity contribution is -0.288. The predicted octanol–water partition coefficient (Wildman–Crippen LogP) is 1.76. The summed E-state index contributed by atoms with van der Waals surface area (Å²) in [6.45, 7) is 7.79. The number of hydrogen-bond acceptors (Lipinski definition) is 13. The number of benzene rings is 1. The highest BCUT2D eigenvalue weighted by Gasteiger charge is 2.53. The number of methoxy groups -OCH3 is 1. The van der Waals surface area contributed by atoms with Crippen LogP contribution in [0.15, 0.2) is 18.2 Å². The fraction of sp³-hybridized carbons (Fsp3) is 0.633. The van der Waals surface area contributed by atoms with Crippen LogP contribution < -0.4 is 14.8 Å². The molecule has 0 spiro atoms. The highest BCUT2D eigenvalue weighted by atomic mass is 16.7. The van der Waals surface area contributed by atoms with E-state index in [0.717, 1.165) is 46.8 Å². The second kappa shape index (κ2) is 16.8. The van der Waals surface area contributed by atoms with Gasteiger partial charge in [-0.15, -0.1) is 0 Å². The van der Waals surface area contributed by atoms with Gasteiger partial charge in [-0.25, -0.2) is 0 Å². The molecule has 0 radical (unpaired) electrons. The molecular weight excluding hydrogens is 580 g/mol. The summed E-state index contributed by atoms with van der Waals surface area (Å²) >= 11 is 0. The van der Waals surface area contributed by atoms with Crippen molar-refractivity contribution < 1.29 is 57.1 Å². The third-order valence-corrected chi connectivity index (χ3v) is 7.00. The summed E-state index contributed by atoms with van der Waals surface area (Å²) in [5, 5.41) is 2.92. The molecule has 2 saturated heterocycles. The third-order valence-electron chi connectivity index (χ3n) is 7.00. The predicted molar refractivity (Wildman–Crippen MR) is 153 cm³/mol. The van der Waals surface area contributed by atoms with Crippen molar-refractivity contribution in [3.8, 4) is 11.5 Å². The van der Waals surface area contributed by atoms with Gasteiger partial charge in [-0.3, -0.25) is 24.0 Å². The van der Waals surface area contributed by atoms with Gasteiger partial charge in [0.05, 0.1) is 7.11 Å². The maximum absolute atomic E-state index is 12.8. The maximum Gasteiger partial charge on any atom is 0.303 e. The molecule has 14 heteroatoms. The molecule has 14 nitrogen and oxygen atoms in total. The number of carbonyl (C=O) groups excluding carboxylic acids is 5. The number of nitrogens with one attached hydrogen (secondary N) is 1. The SMILES string of the molecule is COc1cc(C(=O)NCCCN2CCCCC2)ccc1O[C@H]1O[C@H](COC(C)=O)[C@@H](OC(C)=O)[C@H](OC(C)=O)[C@H]1OC(C)=O. The Morgan fingerprint density at radius 3 is 2.09 bits per heavy atom.